The van der Waals surface area contributed by atoms with Crippen molar-refractivity contribution in [1.29, 1.82) is 0 Å². The van der Waals surface area contributed by atoms with Gasteiger partial charge in [0, 0.05) is 18.4 Å². The maximum atomic E-state index is 12.8. The van der Waals surface area contributed by atoms with Crippen LogP contribution in [0.5, 0.6) is 0 Å². The molecule has 9 nitrogen and oxygen atoms in total. The van der Waals surface area contributed by atoms with Gasteiger partial charge in [0.05, 0.1) is 6.54 Å². The lowest BCUT2D eigenvalue weighted by Gasteiger charge is -2.09. The lowest BCUT2D eigenvalue weighted by atomic mass is 9.98. The highest BCUT2D eigenvalue weighted by Gasteiger charge is 2.17. The maximum absolute atomic E-state index is 12.8. The van der Waals surface area contributed by atoms with E-state index in [1.165, 1.54) is 0 Å². The van der Waals surface area contributed by atoms with E-state index in [2.05, 4.69) is 25.7 Å². The van der Waals surface area contributed by atoms with Gasteiger partial charge in [-0.1, -0.05) is 67.6 Å². The van der Waals surface area contributed by atoms with Crippen molar-refractivity contribution in [3.05, 3.63) is 82.6 Å². The topological polar surface area (TPSA) is 111 Å². The van der Waals surface area contributed by atoms with Crippen LogP contribution in [0, 0.1) is 0 Å². The molecular weight excluding hydrogens is 406 g/mol. The first-order valence-electron chi connectivity index (χ1n) is 10.4. The van der Waals surface area contributed by atoms with Gasteiger partial charge in [-0.25, -0.2) is 4.79 Å². The van der Waals surface area contributed by atoms with E-state index in [9.17, 15) is 9.59 Å². The number of aromatic amines is 1. The first-order valence-corrected chi connectivity index (χ1v) is 10.4. The van der Waals surface area contributed by atoms with Gasteiger partial charge in [-0.3, -0.25) is 9.36 Å². The Morgan fingerprint density at radius 3 is 2.50 bits per heavy atom. The minimum absolute atomic E-state index is 0.217. The third kappa shape index (κ3) is 4.18. The lowest BCUT2D eigenvalue weighted by molar-refractivity contribution is 0.0887. The highest BCUT2D eigenvalue weighted by atomic mass is 16.2. The molecule has 0 atom stereocenters. The standard InChI is InChI=1S/C23H23N7O2/c1-3-5-10-20-26-30(21(31)4-2)23(32)29(20)15-16-11-13-17(14-12-16)18-8-6-7-9-19(18)22-24-27-28-25-22/h3,5-9,11-14H,4,10,15H2,1-2H3,(H,24,25,27,28). The Morgan fingerprint density at radius 1 is 1.09 bits per heavy atom. The van der Waals surface area contributed by atoms with Crippen LogP contribution in [0.4, 0.5) is 0 Å². The van der Waals surface area contributed by atoms with Crippen molar-refractivity contribution in [1.82, 2.24) is 35.0 Å². The average Bonchev–Trinajstić information content (AvgIpc) is 3.47. The smallest absolute Gasteiger partial charge is 0.274 e. The summed E-state index contributed by atoms with van der Waals surface area (Å²) >= 11 is 0. The van der Waals surface area contributed by atoms with Gasteiger partial charge in [-0.05, 0) is 28.8 Å². The van der Waals surface area contributed by atoms with E-state index in [-0.39, 0.29) is 12.3 Å². The van der Waals surface area contributed by atoms with Crippen LogP contribution in [-0.4, -0.2) is 40.9 Å². The lowest BCUT2D eigenvalue weighted by Crippen LogP contribution is -2.29. The molecule has 0 radical (unpaired) electrons. The van der Waals surface area contributed by atoms with Crippen LogP contribution in [0.25, 0.3) is 22.5 Å². The fourth-order valence-electron chi connectivity index (χ4n) is 3.46. The molecule has 0 amide bonds. The number of nitrogens with zero attached hydrogens (tertiary/aromatic N) is 6. The van der Waals surface area contributed by atoms with E-state index in [1.807, 2.05) is 67.6 Å². The molecule has 2 aromatic carbocycles. The fourth-order valence-corrected chi connectivity index (χ4v) is 3.46. The van der Waals surface area contributed by atoms with Crippen molar-refractivity contribution in [2.45, 2.75) is 33.2 Å². The molecule has 32 heavy (non-hydrogen) atoms. The van der Waals surface area contributed by atoms with Crippen LogP contribution in [0.3, 0.4) is 0 Å². The summed E-state index contributed by atoms with van der Waals surface area (Å²) in [6, 6.07) is 15.7. The fraction of sp³-hybridized carbons (Fsp3) is 0.217. The molecule has 0 bridgehead atoms. The zero-order valence-electron chi connectivity index (χ0n) is 17.9. The third-order valence-corrected chi connectivity index (χ3v) is 5.13. The van der Waals surface area contributed by atoms with Crippen molar-refractivity contribution >= 4 is 5.91 Å². The largest absolute Gasteiger partial charge is 0.353 e. The molecule has 0 saturated carbocycles. The molecule has 2 heterocycles. The van der Waals surface area contributed by atoms with E-state index < -0.39 is 5.69 Å². The highest BCUT2D eigenvalue weighted by Crippen LogP contribution is 2.29. The van der Waals surface area contributed by atoms with Gasteiger partial charge < -0.3 is 0 Å². The Morgan fingerprint density at radius 2 is 1.84 bits per heavy atom. The Bertz CT molecular complexity index is 1300. The van der Waals surface area contributed by atoms with Crippen LogP contribution in [-0.2, 0) is 13.0 Å². The molecule has 0 spiro atoms. The number of rotatable bonds is 7. The van der Waals surface area contributed by atoms with Crippen molar-refractivity contribution in [3.63, 3.8) is 0 Å². The average molecular weight is 429 g/mol. The van der Waals surface area contributed by atoms with E-state index in [4.69, 9.17) is 0 Å². The van der Waals surface area contributed by atoms with Gasteiger partial charge in [0.25, 0.3) is 5.91 Å². The molecule has 0 aliphatic rings. The summed E-state index contributed by atoms with van der Waals surface area (Å²) in [5, 5.41) is 18.6. The van der Waals surface area contributed by atoms with Gasteiger partial charge >= 0.3 is 5.69 Å². The summed E-state index contributed by atoms with van der Waals surface area (Å²) < 4.78 is 2.52. The number of benzene rings is 2. The molecule has 4 rings (SSSR count). The molecule has 4 aromatic rings. The quantitative estimate of drug-likeness (QED) is 0.452. The molecule has 0 aliphatic carbocycles. The number of carbonyl (C=O) groups is 1. The van der Waals surface area contributed by atoms with Crippen molar-refractivity contribution in [2.24, 2.45) is 0 Å². The summed E-state index contributed by atoms with van der Waals surface area (Å²) in [5.41, 5.74) is 3.36. The number of aromatic nitrogens is 7. The molecule has 1 N–H and O–H groups in total. The second-order valence-corrected chi connectivity index (χ2v) is 7.20. The molecule has 0 aliphatic heterocycles. The van der Waals surface area contributed by atoms with E-state index >= 15 is 0 Å². The zero-order valence-corrected chi connectivity index (χ0v) is 17.9. The summed E-state index contributed by atoms with van der Waals surface area (Å²) in [6.07, 6.45) is 4.50. The first-order chi connectivity index (χ1) is 15.6. The number of hydrogen-bond donors (Lipinski definition) is 1. The molecule has 2 aromatic heterocycles. The van der Waals surface area contributed by atoms with Crippen molar-refractivity contribution in [3.8, 4) is 22.5 Å². The summed E-state index contributed by atoms with van der Waals surface area (Å²) in [7, 11) is 0. The van der Waals surface area contributed by atoms with E-state index in [0.29, 0.717) is 24.6 Å². The normalized spacial score (nSPS) is 11.3. The Hall–Kier alpha value is -4.14. The van der Waals surface area contributed by atoms with E-state index in [0.717, 1.165) is 26.9 Å². The molecule has 0 fully saturated rings. The minimum atomic E-state index is -0.414. The number of carbonyl (C=O) groups excluding carboxylic acids is 1. The Labute approximate surface area is 184 Å². The predicted molar refractivity (Wildman–Crippen MR) is 120 cm³/mol. The Balaban J connectivity index is 1.65. The van der Waals surface area contributed by atoms with Crippen molar-refractivity contribution in [2.75, 3.05) is 0 Å². The second-order valence-electron chi connectivity index (χ2n) is 7.20. The van der Waals surface area contributed by atoms with Crippen LogP contribution >= 0.6 is 0 Å². The number of tetrazole rings is 1. The first kappa shape index (κ1) is 21.1. The third-order valence-electron chi connectivity index (χ3n) is 5.13. The van der Waals surface area contributed by atoms with Gasteiger partial charge in [-0.15, -0.1) is 20.0 Å². The second kappa shape index (κ2) is 9.34. The van der Waals surface area contributed by atoms with E-state index in [1.54, 1.807) is 11.5 Å². The predicted octanol–water partition coefficient (Wildman–Crippen LogP) is 3.11. The van der Waals surface area contributed by atoms with Crippen LogP contribution in [0.15, 0.2) is 65.5 Å². The van der Waals surface area contributed by atoms with Gasteiger partial charge in [0.2, 0.25) is 5.82 Å². The summed E-state index contributed by atoms with van der Waals surface area (Å²) in [6.45, 7) is 3.95. The zero-order chi connectivity index (χ0) is 22.5. The van der Waals surface area contributed by atoms with Crippen molar-refractivity contribution < 1.29 is 4.79 Å². The van der Waals surface area contributed by atoms with Gasteiger partial charge in [0.1, 0.15) is 5.82 Å². The van der Waals surface area contributed by atoms with Crippen LogP contribution < -0.4 is 5.69 Å². The monoisotopic (exact) mass is 429 g/mol. The molecule has 0 unspecified atom stereocenters. The summed E-state index contributed by atoms with van der Waals surface area (Å²) in [5.74, 6) is 0.767. The van der Waals surface area contributed by atoms with Crippen LogP contribution in [0.2, 0.25) is 0 Å². The number of allylic oxidation sites excluding steroid dienone is 2. The molecule has 0 saturated heterocycles. The number of H-pyrrole nitrogens is 1. The minimum Gasteiger partial charge on any atom is -0.274 e. The maximum Gasteiger partial charge on any atom is 0.353 e. The molecule has 162 valence electrons. The van der Waals surface area contributed by atoms with Crippen LogP contribution in [0.1, 0.15) is 36.5 Å². The molecule has 9 heteroatoms. The highest BCUT2D eigenvalue weighted by molar-refractivity contribution is 5.80. The Kier molecular flexibility index (Phi) is 6.16. The van der Waals surface area contributed by atoms with Gasteiger partial charge in [0.15, 0.2) is 0 Å². The molecular formula is C23H23N7O2. The van der Waals surface area contributed by atoms with Gasteiger partial charge in [-0.2, -0.15) is 5.21 Å². The summed E-state index contributed by atoms with van der Waals surface area (Å²) in [4.78, 5) is 24.9. The number of nitrogens with one attached hydrogen (secondary N) is 1. The number of hydrogen-bond acceptors (Lipinski definition) is 6. The SMILES string of the molecule is CC=CCc1nn(C(=O)CC)c(=O)n1Cc1ccc(-c2ccccc2-c2nn[nH]n2)cc1.